The highest BCUT2D eigenvalue weighted by molar-refractivity contribution is 6.13. The van der Waals surface area contributed by atoms with Crippen LogP contribution in [0.2, 0.25) is 0 Å². The molecule has 0 spiro atoms. The first-order valence-corrected chi connectivity index (χ1v) is 27.5. The predicted octanol–water partition coefficient (Wildman–Crippen LogP) is 21.2. The van der Waals surface area contributed by atoms with Gasteiger partial charge in [0.05, 0.1) is 22.1 Å². The standard InChI is InChI=1S/C78H52N2/c1-3-14-53(15-4-1)55-28-34-59(35-29-55)62-18-11-20-64(48-62)65-21-12-19-63(49-65)60-36-30-56(31-37-60)57-32-38-61(39-33-57)66-22-13-23-70(50-66)80-76-27-10-8-25-72(76)74-52-68(43-47-78(74)80)67-42-46-77-73(51-67)71-24-7-9-26-75(71)79(77)69-44-40-58(41-45-69)54-16-5-2-6-17-54/h1-52H. The van der Waals surface area contributed by atoms with Gasteiger partial charge in [0.15, 0.2) is 0 Å². The number of benzene rings is 13. The van der Waals surface area contributed by atoms with Gasteiger partial charge in [0.25, 0.3) is 0 Å². The van der Waals surface area contributed by atoms with Gasteiger partial charge in [-0.1, -0.05) is 243 Å². The minimum absolute atomic E-state index is 1.14. The van der Waals surface area contributed by atoms with Crippen molar-refractivity contribution in [1.82, 2.24) is 9.13 Å². The molecule has 0 unspecified atom stereocenters. The summed E-state index contributed by atoms with van der Waals surface area (Å²) in [7, 11) is 0. The Morgan fingerprint density at radius 2 is 0.400 bits per heavy atom. The minimum Gasteiger partial charge on any atom is -0.309 e. The quantitative estimate of drug-likeness (QED) is 0.129. The molecule has 0 N–H and O–H groups in total. The van der Waals surface area contributed by atoms with E-state index in [2.05, 4.69) is 325 Å². The van der Waals surface area contributed by atoms with Crippen LogP contribution in [0, 0.1) is 0 Å². The molecule has 80 heavy (non-hydrogen) atoms. The van der Waals surface area contributed by atoms with Crippen LogP contribution in [-0.2, 0) is 0 Å². The first-order valence-electron chi connectivity index (χ1n) is 27.5. The van der Waals surface area contributed by atoms with E-state index in [-0.39, 0.29) is 0 Å². The maximum absolute atomic E-state index is 2.42. The van der Waals surface area contributed by atoms with Crippen LogP contribution >= 0.6 is 0 Å². The van der Waals surface area contributed by atoms with Crippen molar-refractivity contribution in [1.29, 1.82) is 0 Å². The number of hydrogen-bond acceptors (Lipinski definition) is 0. The molecule has 0 aliphatic carbocycles. The van der Waals surface area contributed by atoms with Crippen molar-refractivity contribution in [2.45, 2.75) is 0 Å². The molecule has 13 aromatic carbocycles. The summed E-state index contributed by atoms with van der Waals surface area (Å²) in [5.41, 5.74) is 26.3. The molecule has 0 radical (unpaired) electrons. The Kier molecular flexibility index (Phi) is 11.6. The Morgan fingerprint density at radius 1 is 0.138 bits per heavy atom. The van der Waals surface area contributed by atoms with Crippen LogP contribution in [0.4, 0.5) is 0 Å². The lowest BCUT2D eigenvalue weighted by molar-refractivity contribution is 1.18. The number of para-hydroxylation sites is 2. The summed E-state index contributed by atoms with van der Waals surface area (Å²) in [4.78, 5) is 0. The summed E-state index contributed by atoms with van der Waals surface area (Å²) in [6, 6.07) is 115. The first kappa shape index (κ1) is 46.7. The molecule has 0 aliphatic heterocycles. The second-order valence-corrected chi connectivity index (χ2v) is 20.9. The van der Waals surface area contributed by atoms with Crippen LogP contribution in [-0.4, -0.2) is 9.13 Å². The summed E-state index contributed by atoms with van der Waals surface area (Å²) < 4.78 is 4.82. The number of aromatic nitrogens is 2. The van der Waals surface area contributed by atoms with Crippen LogP contribution in [0.5, 0.6) is 0 Å². The maximum atomic E-state index is 2.42. The predicted molar refractivity (Wildman–Crippen MR) is 339 cm³/mol. The Hall–Kier alpha value is -10.5. The molecule has 15 rings (SSSR count). The normalized spacial score (nSPS) is 11.5. The van der Waals surface area contributed by atoms with Gasteiger partial charge in [0.1, 0.15) is 0 Å². The average molecular weight is 1020 g/mol. The van der Waals surface area contributed by atoms with Gasteiger partial charge in [-0.25, -0.2) is 0 Å². The van der Waals surface area contributed by atoms with Crippen LogP contribution in [0.1, 0.15) is 0 Å². The van der Waals surface area contributed by atoms with Crippen molar-refractivity contribution in [3.05, 3.63) is 315 Å². The van der Waals surface area contributed by atoms with Gasteiger partial charge < -0.3 is 9.13 Å². The van der Waals surface area contributed by atoms with Crippen molar-refractivity contribution in [3.63, 3.8) is 0 Å². The van der Waals surface area contributed by atoms with E-state index in [4.69, 9.17) is 0 Å². The molecule has 0 amide bonds. The smallest absolute Gasteiger partial charge is 0.0541 e. The summed E-state index contributed by atoms with van der Waals surface area (Å²) in [6.45, 7) is 0. The maximum Gasteiger partial charge on any atom is 0.0541 e. The molecule has 0 saturated carbocycles. The fourth-order valence-electron chi connectivity index (χ4n) is 12.1. The number of nitrogens with zero attached hydrogens (tertiary/aromatic N) is 2. The summed E-state index contributed by atoms with van der Waals surface area (Å²) in [5.74, 6) is 0. The fraction of sp³-hybridized carbons (Fsp3) is 0. The van der Waals surface area contributed by atoms with Gasteiger partial charge in [0.2, 0.25) is 0 Å². The lowest BCUT2D eigenvalue weighted by Crippen LogP contribution is -1.94. The van der Waals surface area contributed by atoms with Gasteiger partial charge in [-0.2, -0.15) is 0 Å². The van der Waals surface area contributed by atoms with Gasteiger partial charge in [-0.3, -0.25) is 0 Å². The van der Waals surface area contributed by atoms with E-state index in [1.807, 2.05) is 0 Å². The number of rotatable bonds is 10. The third-order valence-electron chi connectivity index (χ3n) is 16.2. The molecule has 0 fully saturated rings. The van der Waals surface area contributed by atoms with Gasteiger partial charge in [0, 0.05) is 32.9 Å². The van der Waals surface area contributed by atoms with E-state index < -0.39 is 0 Å². The number of fused-ring (bicyclic) bond motifs is 6. The van der Waals surface area contributed by atoms with E-state index in [0.717, 1.165) is 11.4 Å². The van der Waals surface area contributed by atoms with Gasteiger partial charge in [-0.05, 0) is 162 Å². The van der Waals surface area contributed by atoms with E-state index in [1.165, 1.54) is 133 Å². The van der Waals surface area contributed by atoms with Gasteiger partial charge in [-0.15, -0.1) is 0 Å². The highest BCUT2D eigenvalue weighted by Crippen LogP contribution is 2.40. The summed E-state index contributed by atoms with van der Waals surface area (Å²) >= 11 is 0. The second kappa shape index (κ2) is 19.8. The highest BCUT2D eigenvalue weighted by atomic mass is 15.0. The molecule has 2 heterocycles. The lowest BCUT2D eigenvalue weighted by atomic mass is 9.94. The molecule has 15 aromatic rings. The molecule has 2 aromatic heterocycles. The van der Waals surface area contributed by atoms with Crippen LogP contribution in [0.25, 0.3) is 144 Å². The molecule has 0 aliphatic rings. The van der Waals surface area contributed by atoms with Crippen molar-refractivity contribution < 1.29 is 0 Å². The van der Waals surface area contributed by atoms with E-state index in [0.29, 0.717) is 0 Å². The first-order chi connectivity index (χ1) is 39.6. The topological polar surface area (TPSA) is 9.86 Å². The fourth-order valence-corrected chi connectivity index (χ4v) is 12.1. The van der Waals surface area contributed by atoms with Gasteiger partial charge >= 0.3 is 0 Å². The second-order valence-electron chi connectivity index (χ2n) is 20.9. The minimum atomic E-state index is 1.14. The molecule has 0 atom stereocenters. The van der Waals surface area contributed by atoms with E-state index in [1.54, 1.807) is 0 Å². The number of hydrogen-bond donors (Lipinski definition) is 0. The zero-order chi connectivity index (χ0) is 52.9. The third kappa shape index (κ3) is 8.48. The third-order valence-corrected chi connectivity index (χ3v) is 16.2. The SMILES string of the molecule is c1ccc(-c2ccc(-c3cccc(-c4cccc(-c5ccc(-c6ccc(-c7cccc(-n8c9ccccc9c9cc(-c%10ccc%11c(c%10)c%10ccccc%10n%11-c%10ccc(-c%11ccccc%11)cc%10)ccc98)c7)cc6)cc5)c4)c3)cc2)cc1. The molecule has 2 heteroatoms. The largest absolute Gasteiger partial charge is 0.309 e. The zero-order valence-corrected chi connectivity index (χ0v) is 43.9. The van der Waals surface area contributed by atoms with E-state index in [9.17, 15) is 0 Å². The average Bonchev–Trinajstić information content (AvgIpc) is 4.12. The molecule has 2 nitrogen and oxygen atoms in total. The lowest BCUT2D eigenvalue weighted by Gasteiger charge is -2.12. The van der Waals surface area contributed by atoms with Crippen molar-refractivity contribution >= 4 is 43.6 Å². The van der Waals surface area contributed by atoms with Crippen LogP contribution < -0.4 is 0 Å². The molecule has 0 bridgehead atoms. The van der Waals surface area contributed by atoms with E-state index >= 15 is 0 Å². The Labute approximate surface area is 466 Å². The monoisotopic (exact) mass is 1020 g/mol. The molecule has 0 saturated heterocycles. The van der Waals surface area contributed by atoms with Crippen molar-refractivity contribution in [3.8, 4) is 100 Å². The summed E-state index contributed by atoms with van der Waals surface area (Å²) in [5, 5.41) is 4.96. The summed E-state index contributed by atoms with van der Waals surface area (Å²) in [6.07, 6.45) is 0. The molecular formula is C78H52N2. The molecule has 374 valence electrons. The molecular weight excluding hydrogens is 965 g/mol. The van der Waals surface area contributed by atoms with Crippen molar-refractivity contribution in [2.24, 2.45) is 0 Å². The van der Waals surface area contributed by atoms with Crippen LogP contribution in [0.15, 0.2) is 315 Å². The van der Waals surface area contributed by atoms with Crippen LogP contribution in [0.3, 0.4) is 0 Å². The Morgan fingerprint density at radius 3 is 0.825 bits per heavy atom. The Balaban J connectivity index is 0.684. The van der Waals surface area contributed by atoms with Crippen molar-refractivity contribution in [2.75, 3.05) is 0 Å². The Bertz CT molecular complexity index is 4760. The zero-order valence-electron chi connectivity index (χ0n) is 43.9. The highest BCUT2D eigenvalue weighted by Gasteiger charge is 2.17.